The smallest absolute Gasteiger partial charge is 0.333 e. The Hall–Kier alpha value is -2.20. The van der Waals surface area contributed by atoms with Crippen LogP contribution in [0.3, 0.4) is 0 Å². The lowest BCUT2D eigenvalue weighted by Gasteiger charge is -2.32. The summed E-state index contributed by atoms with van der Waals surface area (Å²) in [6.07, 6.45) is 6.60. The van der Waals surface area contributed by atoms with E-state index in [0.29, 0.717) is 50.0 Å². The zero-order chi connectivity index (χ0) is 22.4. The molecular weight excluding hydrogens is 435 g/mol. The fraction of sp³-hybridized carbons (Fsp3) is 0.636. The molecule has 2 saturated carbocycles. The van der Waals surface area contributed by atoms with Gasteiger partial charge in [0.05, 0.1) is 11.6 Å². The van der Waals surface area contributed by atoms with Gasteiger partial charge in [-0.1, -0.05) is 11.2 Å². The second-order valence-electron chi connectivity index (χ2n) is 9.22. The number of hydrogen-bond donors (Lipinski definition) is 1. The number of nitrogens with one attached hydrogen (secondary N) is 1. The van der Waals surface area contributed by atoms with Crippen LogP contribution in [-0.4, -0.2) is 42.1 Å². The predicted molar refractivity (Wildman–Crippen MR) is 119 cm³/mol. The Bertz CT molecular complexity index is 1150. The first-order valence-electron chi connectivity index (χ1n) is 11.4. The van der Waals surface area contributed by atoms with Crippen molar-refractivity contribution in [3.05, 3.63) is 38.9 Å². The van der Waals surface area contributed by atoms with Gasteiger partial charge in [0.25, 0.3) is 5.56 Å². The first-order chi connectivity index (χ1) is 15.4. The first kappa shape index (κ1) is 21.6. The molecule has 1 amide bonds. The van der Waals surface area contributed by atoms with Crippen molar-refractivity contribution in [2.45, 2.75) is 69.5 Å². The summed E-state index contributed by atoms with van der Waals surface area (Å²) in [6, 6.07) is 0.687. The van der Waals surface area contributed by atoms with E-state index < -0.39 is 28.2 Å². The Morgan fingerprint density at radius 2 is 1.69 bits per heavy atom. The molecule has 1 saturated heterocycles. The van der Waals surface area contributed by atoms with Crippen molar-refractivity contribution < 1.29 is 13.7 Å². The van der Waals surface area contributed by atoms with E-state index in [2.05, 4.69) is 10.3 Å². The van der Waals surface area contributed by atoms with E-state index >= 15 is 0 Å². The Morgan fingerprint density at radius 1 is 1.03 bits per heavy atom. The molecule has 3 fully saturated rings. The number of nitrogens with zero attached hydrogens (tertiary/aromatic N) is 3. The summed E-state index contributed by atoms with van der Waals surface area (Å²) in [6.45, 7) is 0. The van der Waals surface area contributed by atoms with E-state index in [0.717, 1.165) is 25.1 Å². The van der Waals surface area contributed by atoms with E-state index in [1.54, 1.807) is 0 Å². The van der Waals surface area contributed by atoms with Crippen molar-refractivity contribution >= 4 is 28.1 Å². The minimum Gasteiger partial charge on any atom is -0.616 e. The van der Waals surface area contributed by atoms with Crippen LogP contribution in [0.4, 0.5) is 4.39 Å². The molecule has 2 aromatic heterocycles. The zero-order valence-corrected chi connectivity index (χ0v) is 18.6. The van der Waals surface area contributed by atoms with E-state index in [4.69, 9.17) is 0 Å². The van der Waals surface area contributed by atoms with Crippen molar-refractivity contribution in [3.63, 3.8) is 0 Å². The third-order valence-electron chi connectivity index (χ3n) is 7.00. The van der Waals surface area contributed by atoms with E-state index in [9.17, 15) is 23.3 Å². The van der Waals surface area contributed by atoms with Crippen LogP contribution >= 0.6 is 0 Å². The van der Waals surface area contributed by atoms with E-state index in [1.165, 1.54) is 9.13 Å². The number of aromatic nitrogens is 3. The molecule has 172 valence electrons. The quantitative estimate of drug-likeness (QED) is 0.697. The van der Waals surface area contributed by atoms with Crippen molar-refractivity contribution in [3.8, 4) is 0 Å². The largest absolute Gasteiger partial charge is 0.616 e. The van der Waals surface area contributed by atoms with Gasteiger partial charge in [-0.2, -0.15) is 0 Å². The van der Waals surface area contributed by atoms with Crippen LogP contribution in [0.25, 0.3) is 11.0 Å². The third kappa shape index (κ3) is 4.10. The monoisotopic (exact) mass is 462 g/mol. The maximum absolute atomic E-state index is 14.0. The highest BCUT2D eigenvalue weighted by molar-refractivity contribution is 7.91. The second-order valence-corrected chi connectivity index (χ2v) is 10.9. The molecule has 2 aromatic rings. The van der Waals surface area contributed by atoms with Crippen molar-refractivity contribution in [2.75, 3.05) is 11.5 Å². The lowest BCUT2D eigenvalue weighted by atomic mass is 9.90. The Kier molecular flexibility index (Phi) is 5.83. The summed E-state index contributed by atoms with van der Waals surface area (Å²) in [5.74, 6) is 0.614. The number of carbonyl (C=O) groups is 1. The van der Waals surface area contributed by atoms with Gasteiger partial charge in [0, 0.05) is 36.9 Å². The van der Waals surface area contributed by atoms with Gasteiger partial charge in [-0.25, -0.2) is 14.2 Å². The molecule has 0 atom stereocenters. The maximum Gasteiger partial charge on any atom is 0.333 e. The van der Waals surface area contributed by atoms with Gasteiger partial charge >= 0.3 is 5.69 Å². The van der Waals surface area contributed by atoms with Crippen LogP contribution in [0, 0.1) is 11.7 Å². The zero-order valence-electron chi connectivity index (χ0n) is 17.8. The number of carbonyl (C=O) groups excluding carboxylic acids is 1. The molecule has 0 aromatic carbocycles. The van der Waals surface area contributed by atoms with Gasteiger partial charge in [0.2, 0.25) is 5.91 Å². The number of rotatable bonds is 4. The van der Waals surface area contributed by atoms with Gasteiger partial charge in [-0.15, -0.1) is 0 Å². The molecule has 1 aliphatic heterocycles. The molecule has 0 spiro atoms. The highest BCUT2D eigenvalue weighted by Gasteiger charge is 2.34. The average Bonchev–Trinajstić information content (AvgIpc) is 3.62. The second kappa shape index (κ2) is 8.62. The molecule has 1 N–H and O–H groups in total. The summed E-state index contributed by atoms with van der Waals surface area (Å²) >= 11 is -0.900. The van der Waals surface area contributed by atoms with Crippen LogP contribution in [0.1, 0.15) is 63.5 Å². The van der Waals surface area contributed by atoms with Crippen LogP contribution in [0.5, 0.6) is 0 Å². The summed E-state index contributed by atoms with van der Waals surface area (Å²) in [4.78, 5) is 43.0. The fourth-order valence-electron chi connectivity index (χ4n) is 5.04. The molecule has 3 heterocycles. The Balaban J connectivity index is 1.48. The molecule has 2 aliphatic carbocycles. The van der Waals surface area contributed by atoms with Gasteiger partial charge in [-0.05, 0) is 44.6 Å². The Morgan fingerprint density at radius 3 is 2.34 bits per heavy atom. The minimum absolute atomic E-state index is 0.0603. The van der Waals surface area contributed by atoms with Crippen LogP contribution in [-0.2, 0) is 16.0 Å². The van der Waals surface area contributed by atoms with Gasteiger partial charge in [0.1, 0.15) is 23.0 Å². The number of hydrogen-bond acceptors (Lipinski definition) is 5. The molecule has 0 radical (unpaired) electrons. The van der Waals surface area contributed by atoms with Gasteiger partial charge < -0.3 is 9.87 Å². The number of fused-ring (bicyclic) bond motifs is 1. The standard InChI is InChI=1S/C22H27FN4O4S/c23-14-11-18-19(24-12-14)26(17-7-9-32(31)10-8-17)22(30)27(21(18)29)16-5-3-15(4-6-16)25-20(28)13-1-2-13/h11-13,15-17H,1-10H2,(H,25,28)/t15-,16+,17-,32-. The molecule has 5 rings (SSSR count). The highest BCUT2D eigenvalue weighted by atomic mass is 32.2. The number of halogens is 1. The first-order valence-corrected chi connectivity index (χ1v) is 12.9. The summed E-state index contributed by atoms with van der Waals surface area (Å²) in [5.41, 5.74) is -0.747. The van der Waals surface area contributed by atoms with Crippen molar-refractivity contribution in [1.82, 2.24) is 19.4 Å². The van der Waals surface area contributed by atoms with Gasteiger partial charge in [-0.3, -0.25) is 18.7 Å². The van der Waals surface area contributed by atoms with Crippen LogP contribution in [0.2, 0.25) is 0 Å². The topological polar surface area (TPSA) is 109 Å². The number of pyridine rings is 1. The van der Waals surface area contributed by atoms with Gasteiger partial charge in [0.15, 0.2) is 0 Å². The highest BCUT2D eigenvalue weighted by Crippen LogP contribution is 2.32. The summed E-state index contributed by atoms with van der Waals surface area (Å²) in [5, 5.41) is 3.19. The van der Waals surface area contributed by atoms with Crippen LogP contribution in [0.15, 0.2) is 21.9 Å². The maximum atomic E-state index is 14.0. The lowest BCUT2D eigenvalue weighted by molar-refractivity contribution is -0.123. The molecule has 0 unspecified atom stereocenters. The molecule has 32 heavy (non-hydrogen) atoms. The molecular formula is C22H27FN4O4S. The molecule has 10 heteroatoms. The molecule has 8 nitrogen and oxygen atoms in total. The number of amides is 1. The van der Waals surface area contributed by atoms with Crippen molar-refractivity contribution in [2.24, 2.45) is 5.92 Å². The normalized spacial score (nSPS) is 28.6. The van der Waals surface area contributed by atoms with E-state index in [1.807, 2.05) is 0 Å². The fourth-order valence-corrected chi connectivity index (χ4v) is 6.31. The van der Waals surface area contributed by atoms with Crippen LogP contribution < -0.4 is 16.6 Å². The molecule has 0 bridgehead atoms. The summed E-state index contributed by atoms with van der Waals surface area (Å²) in [7, 11) is 0. The van der Waals surface area contributed by atoms with E-state index in [-0.39, 0.29) is 41.0 Å². The van der Waals surface area contributed by atoms with Crippen molar-refractivity contribution in [1.29, 1.82) is 0 Å². The average molecular weight is 463 g/mol. The lowest BCUT2D eigenvalue weighted by Crippen LogP contribution is -2.47. The predicted octanol–water partition coefficient (Wildman–Crippen LogP) is 1.79. The Labute approximate surface area is 187 Å². The minimum atomic E-state index is -0.900. The third-order valence-corrected chi connectivity index (χ3v) is 8.38. The SMILES string of the molecule is O=C(N[C@H]1CC[C@@H](n2c(=O)c3cc(F)cnc3n([C@H]3CC[S@+]([O-])CC3)c2=O)CC1)C1CC1. The molecule has 3 aliphatic rings. The summed E-state index contributed by atoms with van der Waals surface area (Å²) < 4.78 is 28.6.